The first-order valence-corrected chi connectivity index (χ1v) is 5.73. The van der Waals surface area contributed by atoms with Crippen LogP contribution in [0.1, 0.15) is 50.2 Å². The van der Waals surface area contributed by atoms with Gasteiger partial charge in [0.05, 0.1) is 11.5 Å². The Morgan fingerprint density at radius 1 is 1.47 bits per heavy atom. The van der Waals surface area contributed by atoms with Gasteiger partial charge in [0, 0.05) is 0 Å². The minimum absolute atomic E-state index is 0.135. The van der Waals surface area contributed by atoms with Crippen LogP contribution in [0.25, 0.3) is 0 Å². The zero-order chi connectivity index (χ0) is 10.9. The van der Waals surface area contributed by atoms with E-state index in [0.29, 0.717) is 5.92 Å². The highest BCUT2D eigenvalue weighted by molar-refractivity contribution is 5.41. The summed E-state index contributed by atoms with van der Waals surface area (Å²) in [7, 11) is 0. The van der Waals surface area contributed by atoms with Gasteiger partial charge in [0.15, 0.2) is 0 Å². The van der Waals surface area contributed by atoms with Crippen LogP contribution >= 0.6 is 0 Å². The average Bonchev–Trinajstić information content (AvgIpc) is 3.09. The van der Waals surface area contributed by atoms with Gasteiger partial charge >= 0.3 is 0 Å². The summed E-state index contributed by atoms with van der Waals surface area (Å²) in [5, 5.41) is 9.15. The maximum absolute atomic E-state index is 9.15. The first-order valence-electron chi connectivity index (χ1n) is 5.73. The van der Waals surface area contributed by atoms with Crippen LogP contribution in [0.4, 0.5) is 0 Å². The van der Waals surface area contributed by atoms with Gasteiger partial charge in [-0.15, -0.1) is 0 Å². The smallest absolute Gasteiger partial charge is 0.0823 e. The van der Waals surface area contributed by atoms with E-state index in [4.69, 9.17) is 5.26 Å². The highest BCUT2D eigenvalue weighted by Crippen LogP contribution is 2.47. The van der Waals surface area contributed by atoms with E-state index >= 15 is 0 Å². The molecule has 78 valence electrons. The van der Waals surface area contributed by atoms with Gasteiger partial charge in [-0.1, -0.05) is 38.1 Å². The van der Waals surface area contributed by atoms with Crippen LogP contribution in [0, 0.1) is 11.3 Å². The van der Waals surface area contributed by atoms with Crippen molar-refractivity contribution >= 4 is 0 Å². The minimum Gasteiger partial charge on any atom is -0.197 e. The van der Waals surface area contributed by atoms with E-state index in [1.807, 2.05) is 0 Å². The zero-order valence-electron chi connectivity index (χ0n) is 9.46. The fourth-order valence-corrected chi connectivity index (χ4v) is 1.97. The maximum atomic E-state index is 9.15. The van der Waals surface area contributed by atoms with Crippen LogP contribution in [-0.4, -0.2) is 0 Å². The van der Waals surface area contributed by atoms with Crippen molar-refractivity contribution in [2.24, 2.45) is 0 Å². The third-order valence-electron chi connectivity index (χ3n) is 3.58. The van der Waals surface area contributed by atoms with Crippen molar-refractivity contribution < 1.29 is 0 Å². The van der Waals surface area contributed by atoms with Crippen molar-refractivity contribution in [1.82, 2.24) is 0 Å². The van der Waals surface area contributed by atoms with Crippen molar-refractivity contribution in [2.75, 3.05) is 0 Å². The van der Waals surface area contributed by atoms with E-state index in [0.717, 1.165) is 19.3 Å². The first-order chi connectivity index (χ1) is 7.22. The maximum Gasteiger partial charge on any atom is 0.0823 e. The predicted molar refractivity (Wildman–Crippen MR) is 61.7 cm³/mol. The molecule has 1 unspecified atom stereocenters. The Labute approximate surface area is 91.7 Å². The Hall–Kier alpha value is -1.29. The quantitative estimate of drug-likeness (QED) is 0.727. The molecule has 15 heavy (non-hydrogen) atoms. The van der Waals surface area contributed by atoms with Gasteiger partial charge < -0.3 is 0 Å². The summed E-state index contributed by atoms with van der Waals surface area (Å²) >= 11 is 0. The number of hydrogen-bond acceptors (Lipinski definition) is 1. The summed E-state index contributed by atoms with van der Waals surface area (Å²) in [6, 6.07) is 11.0. The Morgan fingerprint density at radius 3 is 2.73 bits per heavy atom. The molecule has 1 saturated carbocycles. The van der Waals surface area contributed by atoms with Gasteiger partial charge in [-0.2, -0.15) is 5.26 Å². The molecule has 1 atom stereocenters. The molecule has 1 aromatic carbocycles. The van der Waals surface area contributed by atoms with Gasteiger partial charge in [-0.05, 0) is 36.3 Å². The number of nitriles is 1. The fourth-order valence-electron chi connectivity index (χ4n) is 1.97. The number of hydrogen-bond donors (Lipinski definition) is 0. The average molecular weight is 199 g/mol. The molecule has 1 fully saturated rings. The topological polar surface area (TPSA) is 23.8 Å². The summed E-state index contributed by atoms with van der Waals surface area (Å²) in [6.45, 7) is 4.44. The molecule has 2 rings (SSSR count). The van der Waals surface area contributed by atoms with Gasteiger partial charge in [0.25, 0.3) is 0 Å². The molecule has 0 amide bonds. The molecule has 0 spiro atoms. The lowest BCUT2D eigenvalue weighted by Gasteiger charge is -2.12. The van der Waals surface area contributed by atoms with E-state index in [1.165, 1.54) is 11.1 Å². The van der Waals surface area contributed by atoms with E-state index in [1.54, 1.807) is 0 Å². The molecular weight excluding hydrogens is 182 g/mol. The molecule has 0 saturated heterocycles. The van der Waals surface area contributed by atoms with Crippen molar-refractivity contribution in [2.45, 2.75) is 44.4 Å². The second-order valence-electron chi connectivity index (χ2n) is 4.63. The Morgan fingerprint density at radius 2 is 2.20 bits per heavy atom. The van der Waals surface area contributed by atoms with Crippen molar-refractivity contribution in [3.63, 3.8) is 0 Å². The standard InChI is InChI=1S/C14H17N/c1-3-11(2)12-5-4-6-13(9-12)14(10-15)7-8-14/h4-6,9,11H,3,7-8H2,1-2H3. The summed E-state index contributed by atoms with van der Waals surface area (Å²) in [5.74, 6) is 0.597. The summed E-state index contributed by atoms with van der Waals surface area (Å²) in [4.78, 5) is 0. The molecule has 0 N–H and O–H groups in total. The van der Waals surface area contributed by atoms with Crippen LogP contribution in [0.2, 0.25) is 0 Å². The molecular formula is C14H17N. The number of benzene rings is 1. The van der Waals surface area contributed by atoms with E-state index in [2.05, 4.69) is 44.2 Å². The number of nitrogens with zero attached hydrogens (tertiary/aromatic N) is 1. The molecule has 0 heterocycles. The van der Waals surface area contributed by atoms with Crippen LogP contribution in [-0.2, 0) is 5.41 Å². The van der Waals surface area contributed by atoms with Crippen LogP contribution < -0.4 is 0 Å². The Kier molecular flexibility index (Phi) is 2.52. The molecule has 0 aliphatic heterocycles. The van der Waals surface area contributed by atoms with Gasteiger partial charge in [-0.3, -0.25) is 0 Å². The second kappa shape index (κ2) is 3.70. The lowest BCUT2D eigenvalue weighted by Crippen LogP contribution is -2.03. The molecule has 1 aliphatic carbocycles. The highest BCUT2D eigenvalue weighted by atomic mass is 14.5. The SMILES string of the molecule is CCC(C)c1cccc(C2(C#N)CC2)c1. The molecule has 1 nitrogen and oxygen atoms in total. The molecule has 0 bridgehead atoms. The zero-order valence-corrected chi connectivity index (χ0v) is 9.46. The first kappa shape index (κ1) is 10.2. The van der Waals surface area contributed by atoms with Gasteiger partial charge in [0.1, 0.15) is 0 Å². The van der Waals surface area contributed by atoms with Crippen LogP contribution in [0.5, 0.6) is 0 Å². The lowest BCUT2D eigenvalue weighted by molar-refractivity contribution is 0.730. The van der Waals surface area contributed by atoms with Crippen LogP contribution in [0.3, 0.4) is 0 Å². The number of rotatable bonds is 3. The predicted octanol–water partition coefficient (Wildman–Crippen LogP) is 3.76. The van der Waals surface area contributed by atoms with Gasteiger partial charge in [0.2, 0.25) is 0 Å². The second-order valence-corrected chi connectivity index (χ2v) is 4.63. The molecule has 1 aromatic rings. The minimum atomic E-state index is -0.135. The molecule has 1 aliphatic rings. The Balaban J connectivity index is 2.32. The van der Waals surface area contributed by atoms with E-state index in [-0.39, 0.29) is 5.41 Å². The normalized spacial score (nSPS) is 19.3. The molecule has 1 heteroatoms. The van der Waals surface area contributed by atoms with Crippen molar-refractivity contribution in [3.05, 3.63) is 35.4 Å². The third-order valence-corrected chi connectivity index (χ3v) is 3.58. The Bertz CT molecular complexity index is 396. The molecule has 0 aromatic heterocycles. The summed E-state index contributed by atoms with van der Waals surface area (Å²) in [6.07, 6.45) is 3.23. The summed E-state index contributed by atoms with van der Waals surface area (Å²) < 4.78 is 0. The molecule has 0 radical (unpaired) electrons. The van der Waals surface area contributed by atoms with E-state index < -0.39 is 0 Å². The monoisotopic (exact) mass is 199 g/mol. The lowest BCUT2D eigenvalue weighted by atomic mass is 9.91. The summed E-state index contributed by atoms with van der Waals surface area (Å²) in [5.41, 5.74) is 2.46. The van der Waals surface area contributed by atoms with Gasteiger partial charge in [-0.25, -0.2) is 0 Å². The third kappa shape index (κ3) is 1.77. The van der Waals surface area contributed by atoms with Crippen LogP contribution in [0.15, 0.2) is 24.3 Å². The van der Waals surface area contributed by atoms with Crippen molar-refractivity contribution in [1.29, 1.82) is 5.26 Å². The van der Waals surface area contributed by atoms with Crippen molar-refractivity contribution in [3.8, 4) is 6.07 Å². The largest absolute Gasteiger partial charge is 0.197 e. The fraction of sp³-hybridized carbons (Fsp3) is 0.500. The van der Waals surface area contributed by atoms with E-state index in [9.17, 15) is 0 Å². The highest BCUT2D eigenvalue weighted by Gasteiger charge is 2.44.